The zero-order valence-corrected chi connectivity index (χ0v) is 8.95. The number of carbonyl (C=O) groups is 1. The number of aromatic nitrogens is 1. The molecule has 6 heteroatoms. The minimum atomic E-state index is -1.67. The zero-order valence-electron chi connectivity index (χ0n) is 8.95. The summed E-state index contributed by atoms with van der Waals surface area (Å²) in [6.45, 7) is 0. The Morgan fingerprint density at radius 3 is 2.33 bits per heavy atom. The van der Waals surface area contributed by atoms with Gasteiger partial charge < -0.3 is 5.32 Å². The van der Waals surface area contributed by atoms with Gasteiger partial charge in [-0.25, -0.2) is 13.2 Å². The molecule has 0 aliphatic carbocycles. The van der Waals surface area contributed by atoms with Gasteiger partial charge in [0.2, 0.25) is 0 Å². The van der Waals surface area contributed by atoms with Crippen LogP contribution in [0.2, 0.25) is 0 Å². The molecule has 1 heterocycles. The SMILES string of the molecule is O=C(Nc1ccncc1)c1ccc(F)c(F)c1F. The highest BCUT2D eigenvalue weighted by atomic mass is 19.2. The molecule has 0 bridgehead atoms. The number of amides is 1. The highest BCUT2D eigenvalue weighted by Gasteiger charge is 2.18. The molecule has 0 fully saturated rings. The van der Waals surface area contributed by atoms with Crippen LogP contribution in [-0.2, 0) is 0 Å². The van der Waals surface area contributed by atoms with Crippen molar-refractivity contribution in [3.05, 3.63) is 59.7 Å². The first-order chi connectivity index (χ1) is 8.59. The summed E-state index contributed by atoms with van der Waals surface area (Å²) >= 11 is 0. The van der Waals surface area contributed by atoms with Crippen LogP contribution in [0.5, 0.6) is 0 Å². The quantitative estimate of drug-likeness (QED) is 0.835. The molecule has 0 aliphatic rings. The summed E-state index contributed by atoms with van der Waals surface area (Å²) in [5, 5.41) is 2.34. The molecule has 0 radical (unpaired) electrons. The molecule has 0 aliphatic heterocycles. The number of carbonyl (C=O) groups excluding carboxylic acids is 1. The fraction of sp³-hybridized carbons (Fsp3) is 0. The molecule has 0 unspecified atom stereocenters. The van der Waals surface area contributed by atoms with Crippen LogP contribution in [0.15, 0.2) is 36.7 Å². The standard InChI is InChI=1S/C12H7F3N2O/c13-9-2-1-8(10(14)11(9)15)12(18)17-7-3-5-16-6-4-7/h1-6H,(H,16,17,18). The number of anilines is 1. The highest BCUT2D eigenvalue weighted by Crippen LogP contribution is 2.16. The third-order valence-electron chi connectivity index (χ3n) is 2.22. The Hall–Kier alpha value is -2.37. The van der Waals surface area contributed by atoms with Gasteiger partial charge in [0, 0.05) is 18.1 Å². The summed E-state index contributed by atoms with van der Waals surface area (Å²) < 4.78 is 39.0. The van der Waals surface area contributed by atoms with Gasteiger partial charge in [0.1, 0.15) is 0 Å². The van der Waals surface area contributed by atoms with E-state index in [0.717, 1.165) is 6.07 Å². The molecular weight excluding hydrogens is 245 g/mol. The molecule has 0 saturated heterocycles. The first-order valence-corrected chi connectivity index (χ1v) is 4.94. The van der Waals surface area contributed by atoms with Crippen molar-refractivity contribution < 1.29 is 18.0 Å². The van der Waals surface area contributed by atoms with E-state index in [1.54, 1.807) is 0 Å². The average Bonchev–Trinajstić information content (AvgIpc) is 2.37. The minimum absolute atomic E-state index is 0.374. The molecule has 1 N–H and O–H groups in total. The lowest BCUT2D eigenvalue weighted by atomic mass is 10.2. The molecule has 92 valence electrons. The summed E-state index contributed by atoms with van der Waals surface area (Å²) in [5.74, 6) is -5.38. The number of nitrogens with zero attached hydrogens (tertiary/aromatic N) is 1. The van der Waals surface area contributed by atoms with E-state index in [2.05, 4.69) is 10.3 Å². The van der Waals surface area contributed by atoms with E-state index >= 15 is 0 Å². The van der Waals surface area contributed by atoms with Gasteiger partial charge in [-0.3, -0.25) is 9.78 Å². The van der Waals surface area contributed by atoms with Crippen LogP contribution in [0.25, 0.3) is 0 Å². The van der Waals surface area contributed by atoms with Crippen molar-refractivity contribution in [3.8, 4) is 0 Å². The number of benzene rings is 1. The summed E-state index contributed by atoms with van der Waals surface area (Å²) in [4.78, 5) is 15.4. The maximum Gasteiger partial charge on any atom is 0.258 e. The molecule has 18 heavy (non-hydrogen) atoms. The van der Waals surface area contributed by atoms with Gasteiger partial charge in [-0.05, 0) is 24.3 Å². The van der Waals surface area contributed by atoms with E-state index in [1.165, 1.54) is 24.5 Å². The number of hydrogen-bond acceptors (Lipinski definition) is 2. The number of pyridine rings is 1. The van der Waals surface area contributed by atoms with E-state index in [0.29, 0.717) is 11.8 Å². The van der Waals surface area contributed by atoms with Gasteiger partial charge in [-0.1, -0.05) is 0 Å². The normalized spacial score (nSPS) is 10.2. The maximum absolute atomic E-state index is 13.3. The smallest absolute Gasteiger partial charge is 0.258 e. The van der Waals surface area contributed by atoms with Gasteiger partial charge in [0.05, 0.1) is 5.56 Å². The van der Waals surface area contributed by atoms with Crippen LogP contribution >= 0.6 is 0 Å². The number of nitrogens with one attached hydrogen (secondary N) is 1. The summed E-state index contributed by atoms with van der Waals surface area (Å²) in [5.41, 5.74) is -0.190. The second-order valence-electron chi connectivity index (χ2n) is 3.41. The molecule has 2 aromatic rings. The monoisotopic (exact) mass is 252 g/mol. The van der Waals surface area contributed by atoms with Gasteiger partial charge in [0.25, 0.3) is 5.91 Å². The second kappa shape index (κ2) is 4.87. The van der Waals surface area contributed by atoms with E-state index < -0.39 is 28.9 Å². The summed E-state index contributed by atoms with van der Waals surface area (Å²) in [6.07, 6.45) is 2.86. The van der Waals surface area contributed by atoms with Crippen LogP contribution < -0.4 is 5.32 Å². The molecule has 1 aromatic heterocycles. The lowest BCUT2D eigenvalue weighted by Crippen LogP contribution is -2.15. The maximum atomic E-state index is 13.3. The van der Waals surface area contributed by atoms with E-state index in [9.17, 15) is 18.0 Å². The van der Waals surface area contributed by atoms with Crippen LogP contribution in [-0.4, -0.2) is 10.9 Å². The van der Waals surface area contributed by atoms with Crippen molar-refractivity contribution in [2.75, 3.05) is 5.32 Å². The zero-order chi connectivity index (χ0) is 13.1. The fourth-order valence-electron chi connectivity index (χ4n) is 1.33. The summed E-state index contributed by atoms with van der Waals surface area (Å²) in [6, 6.07) is 4.54. The van der Waals surface area contributed by atoms with Crippen molar-refractivity contribution in [1.82, 2.24) is 4.98 Å². The first-order valence-electron chi connectivity index (χ1n) is 4.94. The molecule has 0 atom stereocenters. The Morgan fingerprint density at radius 2 is 1.67 bits per heavy atom. The Balaban J connectivity index is 2.28. The van der Waals surface area contributed by atoms with Gasteiger partial charge >= 0.3 is 0 Å². The lowest BCUT2D eigenvalue weighted by Gasteiger charge is -2.06. The molecule has 0 saturated carbocycles. The van der Waals surface area contributed by atoms with Crippen LogP contribution in [0.1, 0.15) is 10.4 Å². The largest absolute Gasteiger partial charge is 0.322 e. The Morgan fingerprint density at radius 1 is 1.00 bits per heavy atom. The third kappa shape index (κ3) is 2.32. The average molecular weight is 252 g/mol. The van der Waals surface area contributed by atoms with Crippen molar-refractivity contribution >= 4 is 11.6 Å². The van der Waals surface area contributed by atoms with E-state index in [4.69, 9.17) is 0 Å². The first kappa shape index (κ1) is 12.1. The van der Waals surface area contributed by atoms with Gasteiger partial charge in [0.15, 0.2) is 17.5 Å². The Labute approximate surface area is 100 Å². The molecule has 3 nitrogen and oxygen atoms in total. The van der Waals surface area contributed by atoms with Crippen molar-refractivity contribution in [3.63, 3.8) is 0 Å². The van der Waals surface area contributed by atoms with Crippen molar-refractivity contribution in [2.24, 2.45) is 0 Å². The van der Waals surface area contributed by atoms with Crippen LogP contribution in [0.3, 0.4) is 0 Å². The highest BCUT2D eigenvalue weighted by molar-refractivity contribution is 6.04. The topological polar surface area (TPSA) is 42.0 Å². The number of hydrogen-bond donors (Lipinski definition) is 1. The number of halogens is 3. The lowest BCUT2D eigenvalue weighted by molar-refractivity contribution is 0.102. The second-order valence-corrected chi connectivity index (χ2v) is 3.41. The van der Waals surface area contributed by atoms with E-state index in [-0.39, 0.29) is 0 Å². The van der Waals surface area contributed by atoms with Gasteiger partial charge in [-0.15, -0.1) is 0 Å². The fourth-order valence-corrected chi connectivity index (χ4v) is 1.33. The predicted molar refractivity (Wildman–Crippen MR) is 58.5 cm³/mol. The predicted octanol–water partition coefficient (Wildman–Crippen LogP) is 2.75. The number of rotatable bonds is 2. The summed E-state index contributed by atoms with van der Waals surface area (Å²) in [7, 11) is 0. The van der Waals surface area contributed by atoms with Crippen molar-refractivity contribution in [2.45, 2.75) is 0 Å². The third-order valence-corrected chi connectivity index (χ3v) is 2.22. The Bertz CT molecular complexity index is 587. The molecule has 1 aromatic carbocycles. The van der Waals surface area contributed by atoms with Gasteiger partial charge in [-0.2, -0.15) is 0 Å². The van der Waals surface area contributed by atoms with Crippen molar-refractivity contribution in [1.29, 1.82) is 0 Å². The minimum Gasteiger partial charge on any atom is -0.322 e. The van der Waals surface area contributed by atoms with Crippen LogP contribution in [0.4, 0.5) is 18.9 Å². The van der Waals surface area contributed by atoms with E-state index in [1.807, 2.05) is 0 Å². The molecule has 1 amide bonds. The molecule has 0 spiro atoms. The Kier molecular flexibility index (Phi) is 3.27. The van der Waals surface area contributed by atoms with Crippen LogP contribution in [0, 0.1) is 17.5 Å². The molecule has 2 rings (SSSR count). The molecular formula is C12H7F3N2O.